The lowest BCUT2D eigenvalue weighted by Crippen LogP contribution is -2.23. The Hall–Kier alpha value is -1.04. The number of nitrogens with one attached hydrogen (secondary N) is 1. The molecule has 2 aromatic rings. The van der Waals surface area contributed by atoms with E-state index in [0.29, 0.717) is 17.2 Å². The Morgan fingerprint density at radius 1 is 1.26 bits per heavy atom. The number of benzene rings is 1. The van der Waals surface area contributed by atoms with E-state index in [1.165, 1.54) is 12.8 Å². The lowest BCUT2D eigenvalue weighted by atomic mass is 10.2. The van der Waals surface area contributed by atoms with Crippen LogP contribution >= 0.6 is 24.2 Å². The van der Waals surface area contributed by atoms with Gasteiger partial charge in [0.25, 0.3) is 5.22 Å². The van der Waals surface area contributed by atoms with Crippen LogP contribution in [0.15, 0.2) is 40.0 Å². The Morgan fingerprint density at radius 3 is 2.84 bits per heavy atom. The summed E-state index contributed by atoms with van der Waals surface area (Å²) in [5.74, 6) is 1.59. The fourth-order valence-corrected chi connectivity index (χ4v) is 2.90. The largest absolute Gasteiger partial charge is 0.411 e. The van der Waals surface area contributed by atoms with Crippen LogP contribution in [-0.2, 0) is 0 Å². The van der Waals surface area contributed by atoms with Crippen LogP contribution in [0.3, 0.4) is 0 Å². The number of hydrogen-bond donors (Lipinski definition) is 1. The first-order valence-electron chi connectivity index (χ1n) is 6.17. The Morgan fingerprint density at radius 2 is 2.11 bits per heavy atom. The molecule has 2 heterocycles. The molecule has 3 rings (SSSR count). The molecule has 1 aliphatic rings. The summed E-state index contributed by atoms with van der Waals surface area (Å²) < 4.78 is 5.64. The number of rotatable bonds is 4. The van der Waals surface area contributed by atoms with E-state index in [0.717, 1.165) is 17.9 Å². The molecule has 0 bridgehead atoms. The van der Waals surface area contributed by atoms with Crippen molar-refractivity contribution in [2.75, 3.05) is 12.3 Å². The topological polar surface area (TPSA) is 51.0 Å². The third-order valence-electron chi connectivity index (χ3n) is 3.00. The Labute approximate surface area is 122 Å². The van der Waals surface area contributed by atoms with Crippen LogP contribution in [-0.4, -0.2) is 28.5 Å². The van der Waals surface area contributed by atoms with Crippen LogP contribution in [0.4, 0.5) is 0 Å². The molecule has 1 aromatic heterocycles. The minimum Gasteiger partial charge on any atom is -0.411 e. The predicted molar refractivity (Wildman–Crippen MR) is 78.7 cm³/mol. The summed E-state index contributed by atoms with van der Waals surface area (Å²) in [5, 5.41) is 12.3. The molecule has 1 fully saturated rings. The summed E-state index contributed by atoms with van der Waals surface area (Å²) in [7, 11) is 0. The van der Waals surface area contributed by atoms with Crippen LogP contribution in [0.5, 0.6) is 0 Å². The van der Waals surface area contributed by atoms with Gasteiger partial charge in [-0.15, -0.1) is 22.6 Å². The van der Waals surface area contributed by atoms with Crippen LogP contribution in [0, 0.1) is 0 Å². The lowest BCUT2D eigenvalue weighted by molar-refractivity contribution is 0.465. The van der Waals surface area contributed by atoms with Crippen molar-refractivity contribution in [3.8, 4) is 11.5 Å². The van der Waals surface area contributed by atoms with Crippen molar-refractivity contribution in [1.82, 2.24) is 15.5 Å². The summed E-state index contributed by atoms with van der Waals surface area (Å²) in [6, 6.07) is 10.4. The van der Waals surface area contributed by atoms with Gasteiger partial charge in [-0.3, -0.25) is 0 Å². The van der Waals surface area contributed by atoms with E-state index in [2.05, 4.69) is 15.5 Å². The molecule has 1 N–H and O–H groups in total. The molecular formula is C13H16ClN3OS. The predicted octanol–water partition coefficient (Wildman–Crippen LogP) is 3.00. The molecule has 0 spiro atoms. The Balaban J connectivity index is 0.00000133. The molecular weight excluding hydrogens is 282 g/mol. The SMILES string of the molecule is Cl.c1ccc(-c2nnc(SCC3CCCN3)o2)cc1. The smallest absolute Gasteiger partial charge is 0.276 e. The van der Waals surface area contributed by atoms with Gasteiger partial charge >= 0.3 is 0 Å². The van der Waals surface area contributed by atoms with E-state index in [9.17, 15) is 0 Å². The fourth-order valence-electron chi connectivity index (χ4n) is 2.04. The molecule has 4 nitrogen and oxygen atoms in total. The lowest BCUT2D eigenvalue weighted by Gasteiger charge is -2.06. The second-order valence-electron chi connectivity index (χ2n) is 4.34. The van der Waals surface area contributed by atoms with Crippen molar-refractivity contribution in [1.29, 1.82) is 0 Å². The Bertz CT molecular complexity index is 500. The average molecular weight is 298 g/mol. The zero-order chi connectivity index (χ0) is 12.2. The van der Waals surface area contributed by atoms with Crippen LogP contribution < -0.4 is 5.32 Å². The normalized spacial score (nSPS) is 18.2. The second kappa shape index (κ2) is 6.93. The molecule has 6 heteroatoms. The van der Waals surface area contributed by atoms with Crippen molar-refractivity contribution < 1.29 is 4.42 Å². The number of thioether (sulfide) groups is 1. The molecule has 0 radical (unpaired) electrons. The zero-order valence-corrected chi connectivity index (χ0v) is 12.0. The monoisotopic (exact) mass is 297 g/mol. The molecule has 1 aromatic carbocycles. The number of aromatic nitrogens is 2. The fraction of sp³-hybridized carbons (Fsp3) is 0.385. The van der Waals surface area contributed by atoms with Gasteiger partial charge in [-0.2, -0.15) is 0 Å². The van der Waals surface area contributed by atoms with E-state index in [1.54, 1.807) is 11.8 Å². The average Bonchev–Trinajstić information content (AvgIpc) is 3.09. The van der Waals surface area contributed by atoms with Gasteiger partial charge in [0.15, 0.2) is 0 Å². The maximum absolute atomic E-state index is 5.64. The van der Waals surface area contributed by atoms with Crippen molar-refractivity contribution in [3.05, 3.63) is 30.3 Å². The molecule has 1 saturated heterocycles. The van der Waals surface area contributed by atoms with Crippen LogP contribution in [0.25, 0.3) is 11.5 Å². The first-order chi connectivity index (χ1) is 8.92. The third kappa shape index (κ3) is 3.72. The summed E-state index contributed by atoms with van der Waals surface area (Å²) in [6.45, 7) is 1.13. The Kier molecular flexibility index (Phi) is 5.24. The van der Waals surface area contributed by atoms with Gasteiger partial charge in [-0.25, -0.2) is 0 Å². The molecule has 102 valence electrons. The molecule has 19 heavy (non-hydrogen) atoms. The highest BCUT2D eigenvalue weighted by Gasteiger charge is 2.16. The molecule has 0 aliphatic carbocycles. The molecule has 1 atom stereocenters. The first-order valence-corrected chi connectivity index (χ1v) is 7.15. The quantitative estimate of drug-likeness (QED) is 0.879. The summed E-state index contributed by atoms with van der Waals surface area (Å²) in [6.07, 6.45) is 2.51. The van der Waals surface area contributed by atoms with E-state index >= 15 is 0 Å². The van der Waals surface area contributed by atoms with Crippen molar-refractivity contribution in [3.63, 3.8) is 0 Å². The van der Waals surface area contributed by atoms with Gasteiger partial charge < -0.3 is 9.73 Å². The molecule has 1 unspecified atom stereocenters. The van der Waals surface area contributed by atoms with Gasteiger partial charge in [0.05, 0.1) is 0 Å². The molecule has 1 aliphatic heterocycles. The van der Waals surface area contributed by atoms with E-state index in [-0.39, 0.29) is 12.4 Å². The van der Waals surface area contributed by atoms with E-state index < -0.39 is 0 Å². The second-order valence-corrected chi connectivity index (χ2v) is 5.31. The van der Waals surface area contributed by atoms with Gasteiger partial charge in [0.1, 0.15) is 0 Å². The third-order valence-corrected chi connectivity index (χ3v) is 3.98. The van der Waals surface area contributed by atoms with Crippen molar-refractivity contribution >= 4 is 24.2 Å². The van der Waals surface area contributed by atoms with Crippen molar-refractivity contribution in [2.45, 2.75) is 24.1 Å². The number of hydrogen-bond acceptors (Lipinski definition) is 5. The standard InChI is InChI=1S/C13H15N3OS.ClH/c1-2-5-10(6-3-1)12-15-16-13(17-12)18-9-11-7-4-8-14-11;/h1-3,5-6,11,14H,4,7-9H2;1H. The minimum atomic E-state index is 0. The first kappa shape index (κ1) is 14.4. The van der Waals surface area contributed by atoms with Crippen LogP contribution in [0.2, 0.25) is 0 Å². The summed E-state index contributed by atoms with van der Waals surface area (Å²) >= 11 is 1.63. The van der Waals surface area contributed by atoms with Gasteiger partial charge in [-0.1, -0.05) is 30.0 Å². The molecule has 0 saturated carbocycles. The van der Waals surface area contributed by atoms with Gasteiger partial charge in [0.2, 0.25) is 5.89 Å². The summed E-state index contributed by atoms with van der Waals surface area (Å²) in [4.78, 5) is 0. The number of halogens is 1. The van der Waals surface area contributed by atoms with E-state index in [4.69, 9.17) is 4.42 Å². The number of nitrogens with zero attached hydrogens (tertiary/aromatic N) is 2. The summed E-state index contributed by atoms with van der Waals surface area (Å²) in [5.41, 5.74) is 0.968. The van der Waals surface area contributed by atoms with Crippen molar-refractivity contribution in [2.24, 2.45) is 0 Å². The maximum Gasteiger partial charge on any atom is 0.276 e. The van der Waals surface area contributed by atoms with Crippen LogP contribution in [0.1, 0.15) is 12.8 Å². The highest BCUT2D eigenvalue weighted by molar-refractivity contribution is 7.99. The minimum absolute atomic E-state index is 0. The zero-order valence-electron chi connectivity index (χ0n) is 10.4. The van der Waals surface area contributed by atoms with E-state index in [1.807, 2.05) is 30.3 Å². The highest BCUT2D eigenvalue weighted by Crippen LogP contribution is 2.24. The molecule has 0 amide bonds. The maximum atomic E-state index is 5.64. The van der Waals surface area contributed by atoms with Gasteiger partial charge in [-0.05, 0) is 31.5 Å². The van der Waals surface area contributed by atoms with Gasteiger partial charge in [0, 0.05) is 17.4 Å². The highest BCUT2D eigenvalue weighted by atomic mass is 35.5.